The van der Waals surface area contributed by atoms with E-state index in [1.54, 1.807) is 13.3 Å². The first kappa shape index (κ1) is 14.8. The van der Waals surface area contributed by atoms with Gasteiger partial charge >= 0.3 is 0 Å². The first-order chi connectivity index (χ1) is 9.63. The molecule has 5 nitrogen and oxygen atoms in total. The monoisotopic (exact) mass is 294 g/mol. The molecule has 1 heterocycles. The number of aromatic nitrogens is 2. The molecule has 0 aliphatic rings. The molecule has 0 saturated carbocycles. The molecule has 0 spiro atoms. The number of rotatable bonds is 5. The van der Waals surface area contributed by atoms with Crippen LogP contribution in [0, 0.1) is 6.92 Å². The van der Waals surface area contributed by atoms with E-state index in [1.165, 1.54) is 0 Å². The van der Waals surface area contributed by atoms with E-state index >= 15 is 0 Å². The van der Waals surface area contributed by atoms with Crippen molar-refractivity contribution in [2.24, 2.45) is 5.84 Å². The Labute approximate surface area is 123 Å². The van der Waals surface area contributed by atoms with Crippen molar-refractivity contribution in [3.63, 3.8) is 0 Å². The lowest BCUT2D eigenvalue weighted by Crippen LogP contribution is -2.31. The molecule has 20 heavy (non-hydrogen) atoms. The molecule has 1 unspecified atom stereocenters. The standard InChI is InChI=1S/C14H19ClN4O/c1-4-19-14(12(20-3)8-17-19)13(18-16)10-6-5-7-11(15)9(10)2/h5-8,13,18H,4,16H2,1-3H3. The molecule has 2 rings (SSSR count). The van der Waals surface area contributed by atoms with Gasteiger partial charge in [0, 0.05) is 11.6 Å². The lowest BCUT2D eigenvalue weighted by molar-refractivity contribution is 0.399. The summed E-state index contributed by atoms with van der Waals surface area (Å²) in [6.45, 7) is 4.73. The van der Waals surface area contributed by atoms with Gasteiger partial charge in [-0.15, -0.1) is 0 Å². The molecule has 2 aromatic rings. The van der Waals surface area contributed by atoms with Gasteiger partial charge in [-0.3, -0.25) is 10.5 Å². The molecule has 0 amide bonds. The Bertz CT molecular complexity index is 575. The molecule has 6 heteroatoms. The van der Waals surface area contributed by atoms with Gasteiger partial charge in [0.1, 0.15) is 5.69 Å². The number of hydrogen-bond acceptors (Lipinski definition) is 4. The van der Waals surface area contributed by atoms with Crippen LogP contribution in [-0.2, 0) is 6.54 Å². The first-order valence-electron chi connectivity index (χ1n) is 6.44. The maximum atomic E-state index is 6.20. The van der Waals surface area contributed by atoms with Crippen LogP contribution in [0.1, 0.15) is 29.8 Å². The van der Waals surface area contributed by atoms with Crippen LogP contribution in [0.15, 0.2) is 24.4 Å². The Morgan fingerprint density at radius 2 is 2.25 bits per heavy atom. The fourth-order valence-electron chi connectivity index (χ4n) is 2.33. The van der Waals surface area contributed by atoms with Crippen LogP contribution < -0.4 is 16.0 Å². The van der Waals surface area contributed by atoms with Gasteiger partial charge in [-0.25, -0.2) is 5.43 Å². The van der Waals surface area contributed by atoms with Crippen molar-refractivity contribution in [2.75, 3.05) is 7.11 Å². The van der Waals surface area contributed by atoms with E-state index in [0.717, 1.165) is 23.4 Å². The maximum absolute atomic E-state index is 6.20. The van der Waals surface area contributed by atoms with Crippen molar-refractivity contribution >= 4 is 11.6 Å². The number of methoxy groups -OCH3 is 1. The Hall–Kier alpha value is -1.56. The highest BCUT2D eigenvalue weighted by Gasteiger charge is 2.24. The highest BCUT2D eigenvalue weighted by atomic mass is 35.5. The fourth-order valence-corrected chi connectivity index (χ4v) is 2.51. The molecule has 0 fully saturated rings. The van der Waals surface area contributed by atoms with Crippen LogP contribution in [-0.4, -0.2) is 16.9 Å². The van der Waals surface area contributed by atoms with Crippen molar-refractivity contribution in [3.8, 4) is 5.75 Å². The van der Waals surface area contributed by atoms with Gasteiger partial charge in [-0.1, -0.05) is 23.7 Å². The number of hydrogen-bond donors (Lipinski definition) is 2. The Morgan fingerprint density at radius 1 is 1.50 bits per heavy atom. The summed E-state index contributed by atoms with van der Waals surface area (Å²) in [5.74, 6) is 6.48. The topological polar surface area (TPSA) is 65.1 Å². The summed E-state index contributed by atoms with van der Waals surface area (Å²) < 4.78 is 7.26. The minimum Gasteiger partial charge on any atom is -0.493 e. The molecule has 1 aromatic heterocycles. The Morgan fingerprint density at radius 3 is 2.85 bits per heavy atom. The zero-order valence-corrected chi connectivity index (χ0v) is 12.6. The molecular weight excluding hydrogens is 276 g/mol. The molecule has 3 N–H and O–H groups in total. The number of hydrazine groups is 1. The van der Waals surface area contributed by atoms with Crippen LogP contribution in [0.5, 0.6) is 5.75 Å². The number of ether oxygens (including phenoxy) is 1. The second-order valence-corrected chi connectivity index (χ2v) is 4.87. The molecule has 0 aliphatic carbocycles. The summed E-state index contributed by atoms with van der Waals surface area (Å²) in [5, 5.41) is 5.03. The SMILES string of the molecule is CCn1ncc(OC)c1C(NN)c1cccc(Cl)c1C. The normalized spacial score (nSPS) is 12.4. The smallest absolute Gasteiger partial charge is 0.161 e. The van der Waals surface area contributed by atoms with Crippen LogP contribution in [0.3, 0.4) is 0 Å². The Balaban J connectivity index is 2.58. The molecule has 0 saturated heterocycles. The van der Waals surface area contributed by atoms with Gasteiger partial charge in [-0.2, -0.15) is 5.10 Å². The minimum atomic E-state index is -0.230. The van der Waals surface area contributed by atoms with Gasteiger partial charge in [0.15, 0.2) is 5.75 Å². The van der Waals surface area contributed by atoms with E-state index in [0.29, 0.717) is 10.8 Å². The molecule has 0 aliphatic heterocycles. The van der Waals surface area contributed by atoms with Crippen LogP contribution in [0.4, 0.5) is 0 Å². The highest BCUT2D eigenvalue weighted by molar-refractivity contribution is 6.31. The number of benzene rings is 1. The number of nitrogens with one attached hydrogen (secondary N) is 1. The molecule has 1 atom stereocenters. The second-order valence-electron chi connectivity index (χ2n) is 4.47. The second kappa shape index (κ2) is 6.26. The van der Waals surface area contributed by atoms with Crippen molar-refractivity contribution in [1.82, 2.24) is 15.2 Å². The summed E-state index contributed by atoms with van der Waals surface area (Å²) in [4.78, 5) is 0. The molecular formula is C14H19ClN4O. The third-order valence-electron chi connectivity index (χ3n) is 3.43. The summed E-state index contributed by atoms with van der Waals surface area (Å²) in [6.07, 6.45) is 1.70. The summed E-state index contributed by atoms with van der Waals surface area (Å²) in [7, 11) is 1.62. The number of nitrogens with two attached hydrogens (primary N) is 1. The predicted octanol–water partition coefficient (Wildman–Crippen LogP) is 2.43. The zero-order valence-electron chi connectivity index (χ0n) is 11.9. The summed E-state index contributed by atoms with van der Waals surface area (Å²) in [6, 6.07) is 5.54. The summed E-state index contributed by atoms with van der Waals surface area (Å²) >= 11 is 6.20. The Kier molecular flexibility index (Phi) is 4.65. The largest absolute Gasteiger partial charge is 0.493 e. The fraction of sp³-hybridized carbons (Fsp3) is 0.357. The quantitative estimate of drug-likeness (QED) is 0.656. The van der Waals surface area contributed by atoms with Crippen molar-refractivity contribution in [1.29, 1.82) is 0 Å². The summed E-state index contributed by atoms with van der Waals surface area (Å²) in [5.41, 5.74) is 5.73. The minimum absolute atomic E-state index is 0.230. The van der Waals surface area contributed by atoms with E-state index in [2.05, 4.69) is 10.5 Å². The van der Waals surface area contributed by atoms with E-state index in [9.17, 15) is 0 Å². The maximum Gasteiger partial charge on any atom is 0.161 e. The third kappa shape index (κ3) is 2.52. The van der Waals surface area contributed by atoms with E-state index in [4.69, 9.17) is 22.2 Å². The van der Waals surface area contributed by atoms with Gasteiger partial charge < -0.3 is 4.74 Å². The number of halogens is 1. The number of nitrogens with zero attached hydrogens (tertiary/aromatic N) is 2. The van der Waals surface area contributed by atoms with Crippen molar-refractivity contribution < 1.29 is 4.74 Å². The van der Waals surface area contributed by atoms with E-state index < -0.39 is 0 Å². The van der Waals surface area contributed by atoms with Gasteiger partial charge in [0.25, 0.3) is 0 Å². The van der Waals surface area contributed by atoms with E-state index in [1.807, 2.05) is 36.7 Å². The van der Waals surface area contributed by atoms with Gasteiger partial charge in [0.05, 0.1) is 19.3 Å². The number of aryl methyl sites for hydroxylation is 1. The highest BCUT2D eigenvalue weighted by Crippen LogP contribution is 2.33. The lowest BCUT2D eigenvalue weighted by Gasteiger charge is -2.21. The van der Waals surface area contributed by atoms with Gasteiger partial charge in [0.2, 0.25) is 0 Å². The average molecular weight is 295 g/mol. The van der Waals surface area contributed by atoms with Crippen molar-refractivity contribution in [2.45, 2.75) is 26.4 Å². The third-order valence-corrected chi connectivity index (χ3v) is 3.83. The average Bonchev–Trinajstić information content (AvgIpc) is 2.87. The first-order valence-corrected chi connectivity index (χ1v) is 6.82. The molecule has 0 radical (unpaired) electrons. The van der Waals surface area contributed by atoms with Crippen LogP contribution in [0.2, 0.25) is 5.02 Å². The van der Waals surface area contributed by atoms with Gasteiger partial charge in [-0.05, 0) is 31.0 Å². The zero-order chi connectivity index (χ0) is 14.7. The van der Waals surface area contributed by atoms with Crippen molar-refractivity contribution in [3.05, 3.63) is 46.2 Å². The van der Waals surface area contributed by atoms with Crippen LogP contribution >= 0.6 is 11.6 Å². The molecule has 108 valence electrons. The van der Waals surface area contributed by atoms with Crippen LogP contribution in [0.25, 0.3) is 0 Å². The van der Waals surface area contributed by atoms with E-state index in [-0.39, 0.29) is 6.04 Å². The lowest BCUT2D eigenvalue weighted by atomic mass is 9.98. The molecule has 1 aromatic carbocycles. The molecule has 0 bridgehead atoms. The predicted molar refractivity (Wildman–Crippen MR) is 79.8 cm³/mol.